The highest BCUT2D eigenvalue weighted by molar-refractivity contribution is 5.64. The van der Waals surface area contributed by atoms with Crippen LogP contribution in [0.5, 0.6) is 0 Å². The minimum atomic E-state index is -1.05. The van der Waals surface area contributed by atoms with E-state index >= 15 is 0 Å². The van der Waals surface area contributed by atoms with Crippen molar-refractivity contribution in [2.45, 2.75) is 65.3 Å². The van der Waals surface area contributed by atoms with E-state index in [0.29, 0.717) is 0 Å². The number of rotatable bonds is 4. The summed E-state index contributed by atoms with van der Waals surface area (Å²) in [6.07, 6.45) is 5.65. The van der Waals surface area contributed by atoms with Crippen LogP contribution in [0.15, 0.2) is 0 Å². The number of amides is 1. The van der Waals surface area contributed by atoms with E-state index in [2.05, 4.69) is 26.1 Å². The fraction of sp³-hybridized carbons (Fsp3) is 0.929. The molecule has 1 aliphatic carbocycles. The molecule has 3 N–H and O–H groups in total. The van der Waals surface area contributed by atoms with Gasteiger partial charge in [0.2, 0.25) is 0 Å². The SMILES string of the molecule is CC(C)(C)C1(CC(CO)NC(=O)O)CCCCC1. The van der Waals surface area contributed by atoms with Gasteiger partial charge in [-0.2, -0.15) is 0 Å². The van der Waals surface area contributed by atoms with Gasteiger partial charge >= 0.3 is 6.09 Å². The van der Waals surface area contributed by atoms with Gasteiger partial charge in [0, 0.05) is 0 Å². The molecule has 0 saturated heterocycles. The summed E-state index contributed by atoms with van der Waals surface area (Å²) in [5.41, 5.74) is 0.280. The molecule has 0 aromatic carbocycles. The van der Waals surface area contributed by atoms with Crippen LogP contribution in [0.1, 0.15) is 59.3 Å². The quantitative estimate of drug-likeness (QED) is 0.725. The second-order valence-corrected chi connectivity index (χ2v) is 6.62. The Labute approximate surface area is 110 Å². The molecule has 0 aromatic rings. The van der Waals surface area contributed by atoms with Crippen LogP contribution in [-0.2, 0) is 0 Å². The topological polar surface area (TPSA) is 69.6 Å². The number of hydrogen-bond acceptors (Lipinski definition) is 2. The van der Waals surface area contributed by atoms with Gasteiger partial charge in [-0.05, 0) is 30.1 Å². The molecule has 0 aliphatic heterocycles. The number of hydrogen-bond donors (Lipinski definition) is 3. The third-order valence-electron chi connectivity index (χ3n) is 4.59. The molecule has 18 heavy (non-hydrogen) atoms. The number of carbonyl (C=O) groups is 1. The lowest BCUT2D eigenvalue weighted by atomic mass is 9.57. The van der Waals surface area contributed by atoms with Crippen molar-refractivity contribution in [1.82, 2.24) is 5.32 Å². The lowest BCUT2D eigenvalue weighted by Gasteiger charge is -2.49. The van der Waals surface area contributed by atoms with E-state index in [-0.39, 0.29) is 23.5 Å². The van der Waals surface area contributed by atoms with Gasteiger partial charge < -0.3 is 15.5 Å². The van der Waals surface area contributed by atoms with Crippen LogP contribution in [0.3, 0.4) is 0 Å². The molecule has 0 bridgehead atoms. The lowest BCUT2D eigenvalue weighted by molar-refractivity contribution is 0.0121. The van der Waals surface area contributed by atoms with Crippen LogP contribution >= 0.6 is 0 Å². The van der Waals surface area contributed by atoms with Crippen LogP contribution in [-0.4, -0.2) is 29.0 Å². The minimum absolute atomic E-state index is 0.121. The molecular formula is C14H27NO3. The smallest absolute Gasteiger partial charge is 0.404 e. The van der Waals surface area contributed by atoms with Gasteiger partial charge in [0.25, 0.3) is 0 Å². The van der Waals surface area contributed by atoms with Crippen LogP contribution in [0.2, 0.25) is 0 Å². The van der Waals surface area contributed by atoms with Crippen molar-refractivity contribution in [1.29, 1.82) is 0 Å². The zero-order valence-corrected chi connectivity index (χ0v) is 11.8. The zero-order chi connectivity index (χ0) is 13.8. The fourth-order valence-electron chi connectivity index (χ4n) is 3.30. The van der Waals surface area contributed by atoms with E-state index in [0.717, 1.165) is 19.3 Å². The van der Waals surface area contributed by atoms with Crippen LogP contribution < -0.4 is 5.32 Å². The molecule has 1 aliphatic rings. The van der Waals surface area contributed by atoms with E-state index < -0.39 is 6.09 Å². The van der Waals surface area contributed by atoms with Crippen molar-refractivity contribution in [2.24, 2.45) is 10.8 Å². The Balaban J connectivity index is 2.80. The molecule has 0 spiro atoms. The summed E-state index contributed by atoms with van der Waals surface area (Å²) in [5, 5.41) is 20.6. The zero-order valence-electron chi connectivity index (χ0n) is 11.8. The maximum atomic E-state index is 10.7. The Morgan fingerprint density at radius 1 is 1.28 bits per heavy atom. The molecule has 106 valence electrons. The Hall–Kier alpha value is -0.770. The van der Waals surface area contributed by atoms with Crippen LogP contribution in [0.4, 0.5) is 4.79 Å². The maximum Gasteiger partial charge on any atom is 0.404 e. The van der Waals surface area contributed by atoms with Gasteiger partial charge in [0.15, 0.2) is 0 Å². The standard InChI is InChI=1S/C14H27NO3/c1-13(2,3)14(7-5-4-6-8-14)9-11(10-16)15-12(17)18/h11,15-16H,4-10H2,1-3H3,(H,17,18). The lowest BCUT2D eigenvalue weighted by Crippen LogP contribution is -2.46. The van der Waals surface area contributed by atoms with E-state index in [1.165, 1.54) is 19.3 Å². The molecule has 1 rings (SSSR count). The summed E-state index contributed by atoms with van der Waals surface area (Å²) in [7, 11) is 0. The van der Waals surface area contributed by atoms with Crippen molar-refractivity contribution in [2.75, 3.05) is 6.61 Å². The number of nitrogens with one attached hydrogen (secondary N) is 1. The van der Waals surface area contributed by atoms with Crippen molar-refractivity contribution in [3.63, 3.8) is 0 Å². The first-order chi connectivity index (χ1) is 8.31. The highest BCUT2D eigenvalue weighted by Gasteiger charge is 2.43. The number of aliphatic hydroxyl groups excluding tert-OH is 1. The van der Waals surface area contributed by atoms with E-state index in [1.54, 1.807) is 0 Å². The highest BCUT2D eigenvalue weighted by atomic mass is 16.4. The molecule has 1 amide bonds. The molecule has 1 fully saturated rings. The van der Waals surface area contributed by atoms with Crippen molar-refractivity contribution in [3.8, 4) is 0 Å². The molecule has 1 saturated carbocycles. The van der Waals surface area contributed by atoms with E-state index in [1.807, 2.05) is 0 Å². The predicted molar refractivity (Wildman–Crippen MR) is 71.6 cm³/mol. The Bertz CT molecular complexity index is 277. The molecule has 1 atom stereocenters. The minimum Gasteiger partial charge on any atom is -0.465 e. The van der Waals surface area contributed by atoms with Gasteiger partial charge in [-0.25, -0.2) is 4.79 Å². The summed E-state index contributed by atoms with van der Waals surface area (Å²) >= 11 is 0. The van der Waals surface area contributed by atoms with Crippen molar-refractivity contribution < 1.29 is 15.0 Å². The predicted octanol–water partition coefficient (Wildman–Crippen LogP) is 3.00. The van der Waals surface area contributed by atoms with E-state index in [4.69, 9.17) is 5.11 Å². The monoisotopic (exact) mass is 257 g/mol. The maximum absolute atomic E-state index is 10.7. The Morgan fingerprint density at radius 3 is 2.22 bits per heavy atom. The van der Waals surface area contributed by atoms with Gasteiger partial charge in [0.05, 0.1) is 12.6 Å². The van der Waals surface area contributed by atoms with Crippen molar-refractivity contribution >= 4 is 6.09 Å². The normalized spacial score (nSPS) is 21.3. The largest absolute Gasteiger partial charge is 0.465 e. The molecular weight excluding hydrogens is 230 g/mol. The Morgan fingerprint density at radius 2 is 1.83 bits per heavy atom. The molecule has 4 heteroatoms. The first-order valence-electron chi connectivity index (χ1n) is 6.91. The second kappa shape index (κ2) is 5.91. The van der Waals surface area contributed by atoms with E-state index in [9.17, 15) is 9.90 Å². The average molecular weight is 257 g/mol. The molecule has 0 heterocycles. The summed E-state index contributed by atoms with van der Waals surface area (Å²) in [6.45, 7) is 6.57. The number of aliphatic hydroxyl groups is 1. The summed E-state index contributed by atoms with van der Waals surface area (Å²) in [4.78, 5) is 10.7. The van der Waals surface area contributed by atoms with Gasteiger partial charge in [0.1, 0.15) is 0 Å². The molecule has 0 radical (unpaired) electrons. The van der Waals surface area contributed by atoms with Gasteiger partial charge in [-0.1, -0.05) is 40.0 Å². The number of carboxylic acid groups (broad SMARTS) is 1. The average Bonchev–Trinajstić information content (AvgIpc) is 2.27. The first kappa shape index (κ1) is 15.3. The first-order valence-corrected chi connectivity index (χ1v) is 6.91. The second-order valence-electron chi connectivity index (χ2n) is 6.62. The van der Waals surface area contributed by atoms with Gasteiger partial charge in [-0.3, -0.25) is 0 Å². The van der Waals surface area contributed by atoms with Gasteiger partial charge in [-0.15, -0.1) is 0 Å². The summed E-state index contributed by atoms with van der Waals surface area (Å²) in [6, 6.07) is -0.347. The summed E-state index contributed by atoms with van der Waals surface area (Å²) in [5.74, 6) is 0. The fourth-order valence-corrected chi connectivity index (χ4v) is 3.30. The molecule has 1 unspecified atom stereocenters. The third-order valence-corrected chi connectivity index (χ3v) is 4.59. The van der Waals surface area contributed by atoms with Crippen molar-refractivity contribution in [3.05, 3.63) is 0 Å². The third kappa shape index (κ3) is 3.61. The molecule has 4 nitrogen and oxygen atoms in total. The molecule has 0 aromatic heterocycles. The van der Waals surface area contributed by atoms with Crippen LogP contribution in [0, 0.1) is 10.8 Å². The Kier molecular flexibility index (Phi) is 5.02. The summed E-state index contributed by atoms with van der Waals surface area (Å²) < 4.78 is 0. The highest BCUT2D eigenvalue weighted by Crippen LogP contribution is 2.52. The van der Waals surface area contributed by atoms with Crippen LogP contribution in [0.25, 0.3) is 0 Å².